The summed E-state index contributed by atoms with van der Waals surface area (Å²) in [6, 6.07) is 13.3. The van der Waals surface area contributed by atoms with Crippen molar-refractivity contribution in [2.75, 3.05) is 17.1 Å². The van der Waals surface area contributed by atoms with Gasteiger partial charge in [-0.25, -0.2) is 8.42 Å². The first-order valence-electron chi connectivity index (χ1n) is 8.38. The van der Waals surface area contributed by atoms with Crippen molar-refractivity contribution in [3.63, 3.8) is 0 Å². The predicted octanol–water partition coefficient (Wildman–Crippen LogP) is 4.07. The molecule has 8 heteroatoms. The summed E-state index contributed by atoms with van der Waals surface area (Å²) < 4.78 is 25.7. The molecule has 0 saturated carbocycles. The van der Waals surface area contributed by atoms with Crippen LogP contribution in [0.25, 0.3) is 0 Å². The largest absolute Gasteiger partial charge is 0.354 e. The third kappa shape index (κ3) is 5.61. The molecule has 0 fully saturated rings. The number of anilines is 1. The standard InChI is InChI=1S/C19H22Cl2N2O3S/c1-13(15-7-5-4-6-8-15)12-22-19(24)14(2)23(27(3,25)26)18-11-16(20)9-10-17(18)21/h4-11,13-14H,12H2,1-3H3,(H,22,24)/t13-,14-/m1/s1. The Kier molecular flexibility index (Phi) is 7.14. The first kappa shape index (κ1) is 21.5. The van der Waals surface area contributed by atoms with E-state index in [0.29, 0.717) is 11.6 Å². The predicted molar refractivity (Wildman–Crippen MR) is 111 cm³/mol. The number of carbonyl (C=O) groups excluding carboxylic acids is 1. The quantitative estimate of drug-likeness (QED) is 0.722. The second-order valence-corrected chi connectivity index (χ2v) is 9.09. The smallest absolute Gasteiger partial charge is 0.243 e. The molecule has 0 aliphatic rings. The van der Waals surface area contributed by atoms with E-state index in [1.54, 1.807) is 6.07 Å². The van der Waals surface area contributed by atoms with Gasteiger partial charge in [-0.1, -0.05) is 60.5 Å². The molecule has 0 aromatic heterocycles. The van der Waals surface area contributed by atoms with Crippen LogP contribution in [0, 0.1) is 0 Å². The molecule has 2 aromatic rings. The van der Waals surface area contributed by atoms with Crippen molar-refractivity contribution in [3.8, 4) is 0 Å². The van der Waals surface area contributed by atoms with Gasteiger partial charge in [0.25, 0.3) is 0 Å². The molecule has 2 atom stereocenters. The van der Waals surface area contributed by atoms with Crippen molar-refractivity contribution in [1.29, 1.82) is 0 Å². The summed E-state index contributed by atoms with van der Waals surface area (Å²) in [5.41, 5.74) is 1.26. The molecule has 0 radical (unpaired) electrons. The minimum Gasteiger partial charge on any atom is -0.354 e. The van der Waals surface area contributed by atoms with Crippen LogP contribution in [0.1, 0.15) is 25.3 Å². The first-order valence-corrected chi connectivity index (χ1v) is 11.0. The number of carbonyl (C=O) groups is 1. The fourth-order valence-electron chi connectivity index (χ4n) is 2.74. The van der Waals surface area contributed by atoms with Crippen LogP contribution >= 0.6 is 23.2 Å². The highest BCUT2D eigenvalue weighted by Crippen LogP contribution is 2.32. The molecule has 2 aromatic carbocycles. The lowest BCUT2D eigenvalue weighted by atomic mass is 10.0. The van der Waals surface area contributed by atoms with Crippen molar-refractivity contribution in [3.05, 3.63) is 64.1 Å². The Labute approximate surface area is 170 Å². The van der Waals surface area contributed by atoms with Gasteiger partial charge in [0.2, 0.25) is 15.9 Å². The van der Waals surface area contributed by atoms with Crippen molar-refractivity contribution in [2.45, 2.75) is 25.8 Å². The number of rotatable bonds is 7. The molecule has 0 saturated heterocycles. The number of sulfonamides is 1. The van der Waals surface area contributed by atoms with Gasteiger partial charge in [-0.15, -0.1) is 0 Å². The van der Waals surface area contributed by atoms with Crippen LogP contribution in [0.4, 0.5) is 5.69 Å². The second-order valence-electron chi connectivity index (χ2n) is 6.39. The van der Waals surface area contributed by atoms with E-state index in [9.17, 15) is 13.2 Å². The van der Waals surface area contributed by atoms with E-state index >= 15 is 0 Å². The fourth-order valence-corrected chi connectivity index (χ4v) is 4.34. The molecule has 27 heavy (non-hydrogen) atoms. The highest BCUT2D eigenvalue weighted by molar-refractivity contribution is 7.92. The summed E-state index contributed by atoms with van der Waals surface area (Å²) in [6.45, 7) is 3.89. The van der Waals surface area contributed by atoms with Crippen molar-refractivity contribution in [1.82, 2.24) is 5.32 Å². The zero-order valence-electron chi connectivity index (χ0n) is 15.3. The van der Waals surface area contributed by atoms with Gasteiger partial charge in [-0.3, -0.25) is 9.10 Å². The molecule has 0 heterocycles. The normalized spacial score (nSPS) is 13.7. The second kappa shape index (κ2) is 8.95. The SMILES string of the molecule is C[C@H](CNC(=O)[C@@H](C)N(c1cc(Cl)ccc1Cl)S(C)(=O)=O)c1ccccc1. The average Bonchev–Trinajstić information content (AvgIpc) is 2.62. The van der Waals surface area contributed by atoms with Crippen LogP contribution in [-0.4, -0.2) is 33.2 Å². The molecule has 0 spiro atoms. The number of hydrogen-bond donors (Lipinski definition) is 1. The lowest BCUT2D eigenvalue weighted by molar-refractivity contribution is -0.121. The number of amides is 1. The van der Waals surface area contributed by atoms with Gasteiger partial charge in [0, 0.05) is 11.6 Å². The first-order chi connectivity index (χ1) is 12.6. The number of hydrogen-bond acceptors (Lipinski definition) is 3. The maximum absolute atomic E-state index is 12.6. The third-order valence-electron chi connectivity index (χ3n) is 4.19. The van der Waals surface area contributed by atoms with Gasteiger partial charge < -0.3 is 5.32 Å². The Bertz CT molecular complexity index is 904. The Morgan fingerprint density at radius 1 is 1.11 bits per heavy atom. The summed E-state index contributed by atoms with van der Waals surface area (Å²) in [4.78, 5) is 12.6. The Morgan fingerprint density at radius 2 is 1.74 bits per heavy atom. The molecule has 5 nitrogen and oxygen atoms in total. The number of halogens is 2. The molecule has 0 aliphatic heterocycles. The average molecular weight is 429 g/mol. The molecule has 146 valence electrons. The summed E-state index contributed by atoms with van der Waals surface area (Å²) in [5, 5.41) is 3.34. The number of nitrogens with zero attached hydrogens (tertiary/aromatic N) is 1. The molecule has 0 unspecified atom stereocenters. The van der Waals surface area contributed by atoms with Gasteiger partial charge >= 0.3 is 0 Å². The van der Waals surface area contributed by atoms with Crippen LogP contribution < -0.4 is 9.62 Å². The molecule has 1 amide bonds. The lowest BCUT2D eigenvalue weighted by Gasteiger charge is -2.29. The van der Waals surface area contributed by atoms with Gasteiger partial charge in [0.1, 0.15) is 6.04 Å². The van der Waals surface area contributed by atoms with Gasteiger partial charge in [0.05, 0.1) is 17.0 Å². The van der Waals surface area contributed by atoms with E-state index in [2.05, 4.69) is 5.32 Å². The fraction of sp³-hybridized carbons (Fsp3) is 0.316. The maximum atomic E-state index is 12.6. The van der Waals surface area contributed by atoms with E-state index < -0.39 is 22.0 Å². The topological polar surface area (TPSA) is 66.5 Å². The van der Waals surface area contributed by atoms with Crippen molar-refractivity contribution < 1.29 is 13.2 Å². The van der Waals surface area contributed by atoms with E-state index in [4.69, 9.17) is 23.2 Å². The van der Waals surface area contributed by atoms with E-state index in [1.807, 2.05) is 37.3 Å². The van der Waals surface area contributed by atoms with E-state index in [0.717, 1.165) is 16.1 Å². The zero-order valence-corrected chi connectivity index (χ0v) is 17.6. The molecule has 0 aliphatic carbocycles. The minimum atomic E-state index is -3.76. The van der Waals surface area contributed by atoms with Gasteiger partial charge in [0.15, 0.2) is 0 Å². The Morgan fingerprint density at radius 3 is 2.33 bits per heavy atom. The summed E-state index contributed by atoms with van der Waals surface area (Å²) >= 11 is 12.1. The molecule has 0 bridgehead atoms. The minimum absolute atomic E-state index is 0.0868. The lowest BCUT2D eigenvalue weighted by Crippen LogP contribution is -2.48. The van der Waals surface area contributed by atoms with E-state index in [-0.39, 0.29) is 16.6 Å². The summed E-state index contributed by atoms with van der Waals surface area (Å²) in [5.74, 6) is -0.331. The Hall–Kier alpha value is -1.76. The van der Waals surface area contributed by atoms with Crippen LogP contribution in [0.5, 0.6) is 0 Å². The highest BCUT2D eigenvalue weighted by atomic mass is 35.5. The highest BCUT2D eigenvalue weighted by Gasteiger charge is 2.30. The number of benzene rings is 2. The molecule has 2 rings (SSSR count). The molecular weight excluding hydrogens is 407 g/mol. The summed E-state index contributed by atoms with van der Waals surface area (Å²) in [6.07, 6.45) is 1.03. The van der Waals surface area contributed by atoms with Crippen LogP contribution in [-0.2, 0) is 14.8 Å². The zero-order chi connectivity index (χ0) is 20.2. The molecular formula is C19H22Cl2N2O3S. The van der Waals surface area contributed by atoms with Crippen molar-refractivity contribution in [2.24, 2.45) is 0 Å². The monoisotopic (exact) mass is 428 g/mol. The molecule has 1 N–H and O–H groups in total. The summed E-state index contributed by atoms with van der Waals surface area (Å²) in [7, 11) is -3.76. The van der Waals surface area contributed by atoms with Gasteiger partial charge in [-0.2, -0.15) is 0 Å². The van der Waals surface area contributed by atoms with Gasteiger partial charge in [-0.05, 0) is 36.6 Å². The number of nitrogens with one attached hydrogen (secondary N) is 1. The Balaban J connectivity index is 2.19. The van der Waals surface area contributed by atoms with Crippen LogP contribution in [0.3, 0.4) is 0 Å². The van der Waals surface area contributed by atoms with Crippen LogP contribution in [0.15, 0.2) is 48.5 Å². The third-order valence-corrected chi connectivity index (χ3v) is 5.97. The van der Waals surface area contributed by atoms with E-state index in [1.165, 1.54) is 19.1 Å². The van der Waals surface area contributed by atoms with Crippen LogP contribution in [0.2, 0.25) is 10.0 Å². The van der Waals surface area contributed by atoms with Crippen molar-refractivity contribution >= 4 is 44.8 Å². The maximum Gasteiger partial charge on any atom is 0.243 e.